The number of aromatic nitrogens is 1. The van der Waals surface area contributed by atoms with E-state index < -0.39 is 11.7 Å². The van der Waals surface area contributed by atoms with Crippen LogP contribution in [0.2, 0.25) is 0 Å². The van der Waals surface area contributed by atoms with Crippen LogP contribution in [0.1, 0.15) is 11.1 Å². The Bertz CT molecular complexity index is 475. The molecule has 1 N–H and O–H groups in total. The van der Waals surface area contributed by atoms with Crippen LogP contribution in [0, 0.1) is 0 Å². The summed E-state index contributed by atoms with van der Waals surface area (Å²) in [5.74, 6) is 0. The minimum Gasteiger partial charge on any atom is -0.322 e. The molecule has 0 atom stereocenters. The van der Waals surface area contributed by atoms with Crippen LogP contribution in [-0.2, 0) is 12.7 Å². The van der Waals surface area contributed by atoms with Gasteiger partial charge in [-0.05, 0) is 29.8 Å². The van der Waals surface area contributed by atoms with Crippen LogP contribution in [0.25, 0.3) is 0 Å². The van der Waals surface area contributed by atoms with Crippen LogP contribution in [0.3, 0.4) is 0 Å². The van der Waals surface area contributed by atoms with E-state index in [1.165, 1.54) is 6.07 Å². The van der Waals surface area contributed by atoms with Gasteiger partial charge in [0.25, 0.3) is 0 Å². The van der Waals surface area contributed by atoms with Crippen molar-refractivity contribution < 1.29 is 13.2 Å². The molecule has 0 saturated heterocycles. The molecule has 1 heterocycles. The van der Waals surface area contributed by atoms with E-state index in [0.29, 0.717) is 12.1 Å². The third-order valence-corrected chi connectivity index (χ3v) is 2.32. The summed E-state index contributed by atoms with van der Waals surface area (Å²) in [4.78, 5) is 0. The van der Waals surface area contributed by atoms with Crippen molar-refractivity contribution in [1.29, 1.82) is 0 Å². The van der Waals surface area contributed by atoms with Gasteiger partial charge in [-0.2, -0.15) is 13.2 Å². The molecular formula is C12H11F3N2. The maximum atomic E-state index is 12.5. The van der Waals surface area contributed by atoms with E-state index in [-0.39, 0.29) is 0 Å². The molecule has 0 fully saturated rings. The van der Waals surface area contributed by atoms with Gasteiger partial charge >= 0.3 is 6.18 Å². The van der Waals surface area contributed by atoms with Gasteiger partial charge in [-0.3, -0.25) is 4.68 Å². The lowest BCUT2D eigenvalue weighted by Crippen LogP contribution is -2.12. The minimum absolute atomic E-state index is 0.346. The van der Waals surface area contributed by atoms with Crippen LogP contribution >= 0.6 is 0 Å². The number of hydrogen-bond acceptors (Lipinski definition) is 1. The molecule has 1 aromatic carbocycles. The standard InChI is InChI=1S/C12H11F3N2/c13-12(14,15)11-5-3-4-10(8-11)9-16-17-6-1-2-7-17/h1-8,16H,9H2. The zero-order valence-corrected chi connectivity index (χ0v) is 8.91. The van der Waals surface area contributed by atoms with Crippen molar-refractivity contribution in [2.75, 3.05) is 5.43 Å². The number of hydrogen-bond donors (Lipinski definition) is 1. The average Bonchev–Trinajstić information content (AvgIpc) is 2.78. The van der Waals surface area contributed by atoms with E-state index in [0.717, 1.165) is 12.1 Å². The largest absolute Gasteiger partial charge is 0.416 e. The second kappa shape index (κ2) is 4.53. The van der Waals surface area contributed by atoms with Crippen LogP contribution < -0.4 is 5.43 Å². The molecule has 2 rings (SSSR count). The van der Waals surface area contributed by atoms with E-state index in [1.54, 1.807) is 23.1 Å². The maximum absolute atomic E-state index is 12.5. The second-order valence-electron chi connectivity index (χ2n) is 3.62. The van der Waals surface area contributed by atoms with E-state index in [4.69, 9.17) is 0 Å². The highest BCUT2D eigenvalue weighted by Crippen LogP contribution is 2.29. The fourth-order valence-corrected chi connectivity index (χ4v) is 1.48. The summed E-state index contributed by atoms with van der Waals surface area (Å²) >= 11 is 0. The Morgan fingerprint density at radius 2 is 1.76 bits per heavy atom. The molecule has 2 aromatic rings. The first-order valence-electron chi connectivity index (χ1n) is 5.09. The Balaban J connectivity index is 2.07. The molecule has 17 heavy (non-hydrogen) atoms. The number of rotatable bonds is 3. The zero-order chi connectivity index (χ0) is 12.3. The number of alkyl halides is 3. The zero-order valence-electron chi connectivity index (χ0n) is 8.91. The number of benzene rings is 1. The van der Waals surface area contributed by atoms with E-state index in [2.05, 4.69) is 5.43 Å². The maximum Gasteiger partial charge on any atom is 0.416 e. The minimum atomic E-state index is -4.29. The summed E-state index contributed by atoms with van der Waals surface area (Å²) in [6.07, 6.45) is -0.718. The van der Waals surface area contributed by atoms with E-state index >= 15 is 0 Å². The molecule has 0 saturated carbocycles. The molecule has 0 spiro atoms. The van der Waals surface area contributed by atoms with Gasteiger partial charge in [0.2, 0.25) is 0 Å². The normalized spacial score (nSPS) is 11.5. The lowest BCUT2D eigenvalue weighted by molar-refractivity contribution is -0.137. The van der Waals surface area contributed by atoms with Crippen molar-refractivity contribution in [3.8, 4) is 0 Å². The monoisotopic (exact) mass is 240 g/mol. The van der Waals surface area contributed by atoms with E-state index in [9.17, 15) is 13.2 Å². The van der Waals surface area contributed by atoms with Gasteiger partial charge in [0, 0.05) is 12.4 Å². The summed E-state index contributed by atoms with van der Waals surface area (Å²) < 4.78 is 39.1. The van der Waals surface area contributed by atoms with Gasteiger partial charge in [-0.25, -0.2) is 0 Å². The summed E-state index contributed by atoms with van der Waals surface area (Å²) in [5.41, 5.74) is 2.94. The quantitative estimate of drug-likeness (QED) is 0.871. The Morgan fingerprint density at radius 1 is 1.06 bits per heavy atom. The predicted molar refractivity (Wildman–Crippen MR) is 58.9 cm³/mol. The van der Waals surface area contributed by atoms with E-state index in [1.807, 2.05) is 12.1 Å². The van der Waals surface area contributed by atoms with Crippen molar-refractivity contribution in [2.45, 2.75) is 12.7 Å². The van der Waals surface area contributed by atoms with Crippen molar-refractivity contribution in [3.05, 3.63) is 59.9 Å². The fourth-order valence-electron chi connectivity index (χ4n) is 1.48. The van der Waals surface area contributed by atoms with Crippen molar-refractivity contribution in [3.63, 3.8) is 0 Å². The molecular weight excluding hydrogens is 229 g/mol. The van der Waals surface area contributed by atoms with Crippen molar-refractivity contribution >= 4 is 0 Å². The van der Waals surface area contributed by atoms with Gasteiger partial charge in [0.15, 0.2) is 0 Å². The molecule has 2 nitrogen and oxygen atoms in total. The highest BCUT2D eigenvalue weighted by molar-refractivity contribution is 5.26. The third kappa shape index (κ3) is 3.03. The first-order chi connectivity index (χ1) is 8.05. The Labute approximate surface area is 96.7 Å². The third-order valence-electron chi connectivity index (χ3n) is 2.32. The van der Waals surface area contributed by atoms with Crippen LogP contribution in [0.15, 0.2) is 48.8 Å². The predicted octanol–water partition coefficient (Wildman–Crippen LogP) is 3.25. The molecule has 0 aliphatic carbocycles. The highest BCUT2D eigenvalue weighted by Gasteiger charge is 2.30. The smallest absolute Gasteiger partial charge is 0.322 e. The second-order valence-corrected chi connectivity index (χ2v) is 3.62. The molecule has 0 bridgehead atoms. The topological polar surface area (TPSA) is 17.0 Å². The Morgan fingerprint density at radius 3 is 2.41 bits per heavy atom. The molecule has 0 radical (unpaired) electrons. The molecule has 0 amide bonds. The lowest BCUT2D eigenvalue weighted by atomic mass is 10.1. The average molecular weight is 240 g/mol. The summed E-state index contributed by atoms with van der Waals surface area (Å²) in [7, 11) is 0. The fraction of sp³-hybridized carbons (Fsp3) is 0.167. The number of nitrogens with one attached hydrogen (secondary N) is 1. The van der Waals surface area contributed by atoms with Gasteiger partial charge < -0.3 is 5.43 Å². The molecule has 0 aliphatic rings. The number of halogens is 3. The highest BCUT2D eigenvalue weighted by atomic mass is 19.4. The lowest BCUT2D eigenvalue weighted by Gasteiger charge is -2.10. The van der Waals surface area contributed by atoms with Crippen LogP contribution in [0.4, 0.5) is 13.2 Å². The first-order valence-corrected chi connectivity index (χ1v) is 5.09. The number of nitrogens with zero attached hydrogens (tertiary/aromatic N) is 1. The SMILES string of the molecule is FC(F)(F)c1cccc(CNn2cccc2)c1. The van der Waals surface area contributed by atoms with Gasteiger partial charge in [0.1, 0.15) is 0 Å². The molecule has 0 unspecified atom stereocenters. The Hall–Kier alpha value is -1.91. The summed E-state index contributed by atoms with van der Waals surface area (Å²) in [6, 6.07) is 8.95. The van der Waals surface area contributed by atoms with Gasteiger partial charge in [0.05, 0.1) is 12.1 Å². The molecule has 0 aliphatic heterocycles. The molecule has 5 heteroatoms. The summed E-state index contributed by atoms with van der Waals surface area (Å²) in [5, 5.41) is 0. The van der Waals surface area contributed by atoms with Crippen molar-refractivity contribution in [2.24, 2.45) is 0 Å². The summed E-state index contributed by atoms with van der Waals surface area (Å²) in [6.45, 7) is 0.346. The molecule has 1 aromatic heterocycles. The first kappa shape index (κ1) is 11.6. The van der Waals surface area contributed by atoms with Gasteiger partial charge in [-0.1, -0.05) is 12.1 Å². The van der Waals surface area contributed by atoms with Crippen LogP contribution in [-0.4, -0.2) is 4.68 Å². The van der Waals surface area contributed by atoms with Crippen molar-refractivity contribution in [1.82, 2.24) is 4.68 Å². The molecule has 90 valence electrons. The van der Waals surface area contributed by atoms with Crippen LogP contribution in [0.5, 0.6) is 0 Å². The van der Waals surface area contributed by atoms with Gasteiger partial charge in [-0.15, -0.1) is 0 Å². The Kier molecular flexibility index (Phi) is 3.08.